The third kappa shape index (κ3) is 3.43. The Hall–Kier alpha value is -1.18. The van der Waals surface area contributed by atoms with Crippen LogP contribution in [0, 0.1) is 3.57 Å². The highest BCUT2D eigenvalue weighted by Gasteiger charge is 2.09. The molecule has 0 unspecified atom stereocenters. The fourth-order valence-corrected chi connectivity index (χ4v) is 2.06. The molecule has 1 N–H and O–H groups in total. The van der Waals surface area contributed by atoms with Crippen molar-refractivity contribution >= 4 is 28.4 Å². The molecule has 0 amide bonds. The van der Waals surface area contributed by atoms with Crippen LogP contribution in [0.25, 0.3) is 11.4 Å². The van der Waals surface area contributed by atoms with Gasteiger partial charge in [0.25, 0.3) is 0 Å². The van der Waals surface area contributed by atoms with E-state index in [1.807, 2.05) is 23.3 Å². The van der Waals surface area contributed by atoms with Gasteiger partial charge in [-0.15, -0.1) is 0 Å². The van der Waals surface area contributed by atoms with E-state index < -0.39 is 0 Å². The smallest absolute Gasteiger partial charge is 0.164 e. The highest BCUT2D eigenvalue weighted by molar-refractivity contribution is 14.1. The standard InChI is InChI=1S/C13H18IN5/c1-4-5-15-13-11(14)7-16-12(18-13)10-6-17-19(8-10)9(2)3/h6-9H,4-5H2,1-3H3,(H,15,16,18). The van der Waals surface area contributed by atoms with Crippen molar-refractivity contribution in [3.63, 3.8) is 0 Å². The van der Waals surface area contributed by atoms with E-state index in [0.29, 0.717) is 11.9 Å². The lowest BCUT2D eigenvalue weighted by Crippen LogP contribution is -2.05. The van der Waals surface area contributed by atoms with Gasteiger partial charge < -0.3 is 5.32 Å². The topological polar surface area (TPSA) is 55.6 Å². The molecule has 0 atom stereocenters. The van der Waals surface area contributed by atoms with Crippen LogP contribution in [0.3, 0.4) is 0 Å². The van der Waals surface area contributed by atoms with E-state index >= 15 is 0 Å². The molecule has 0 aromatic carbocycles. The lowest BCUT2D eigenvalue weighted by atomic mass is 10.3. The van der Waals surface area contributed by atoms with Gasteiger partial charge in [-0.3, -0.25) is 4.68 Å². The van der Waals surface area contributed by atoms with Gasteiger partial charge in [-0.25, -0.2) is 9.97 Å². The molecule has 0 aliphatic heterocycles. The molecule has 5 nitrogen and oxygen atoms in total. The van der Waals surface area contributed by atoms with E-state index in [1.54, 1.807) is 0 Å². The number of hydrogen-bond donors (Lipinski definition) is 1. The summed E-state index contributed by atoms with van der Waals surface area (Å²) in [5.41, 5.74) is 0.949. The number of aromatic nitrogens is 4. The maximum atomic E-state index is 4.57. The first kappa shape index (κ1) is 14.2. The highest BCUT2D eigenvalue weighted by Crippen LogP contribution is 2.21. The molecule has 0 saturated heterocycles. The van der Waals surface area contributed by atoms with Gasteiger partial charge in [0.05, 0.1) is 15.3 Å². The molecule has 6 heteroatoms. The second-order valence-corrected chi connectivity index (χ2v) is 5.78. The summed E-state index contributed by atoms with van der Waals surface area (Å²) in [5, 5.41) is 7.64. The zero-order valence-corrected chi connectivity index (χ0v) is 13.5. The van der Waals surface area contributed by atoms with Crippen LogP contribution in [0.1, 0.15) is 33.2 Å². The van der Waals surface area contributed by atoms with Crippen LogP contribution in [0.5, 0.6) is 0 Å². The third-order valence-corrected chi connectivity index (χ3v) is 3.46. The lowest BCUT2D eigenvalue weighted by molar-refractivity contribution is 0.532. The van der Waals surface area contributed by atoms with Gasteiger partial charge in [-0.2, -0.15) is 5.10 Å². The summed E-state index contributed by atoms with van der Waals surface area (Å²) in [6.45, 7) is 7.24. The highest BCUT2D eigenvalue weighted by atomic mass is 127. The van der Waals surface area contributed by atoms with Gasteiger partial charge in [0.1, 0.15) is 5.82 Å². The van der Waals surface area contributed by atoms with Gasteiger partial charge in [0.2, 0.25) is 0 Å². The summed E-state index contributed by atoms with van der Waals surface area (Å²) in [6, 6.07) is 0.343. The van der Waals surface area contributed by atoms with Crippen LogP contribution in [0.4, 0.5) is 5.82 Å². The molecule has 2 heterocycles. The molecule has 19 heavy (non-hydrogen) atoms. The Labute approximate surface area is 127 Å². The summed E-state index contributed by atoms with van der Waals surface area (Å²) in [7, 11) is 0. The monoisotopic (exact) mass is 371 g/mol. The number of rotatable bonds is 5. The van der Waals surface area contributed by atoms with Gasteiger partial charge in [-0.1, -0.05) is 6.92 Å². The number of nitrogens with one attached hydrogen (secondary N) is 1. The molecule has 0 radical (unpaired) electrons. The molecule has 0 aliphatic rings. The predicted molar refractivity (Wildman–Crippen MR) is 85.1 cm³/mol. The van der Waals surface area contributed by atoms with Crippen molar-refractivity contribution in [3.05, 3.63) is 22.2 Å². The van der Waals surface area contributed by atoms with Gasteiger partial charge in [-0.05, 0) is 42.9 Å². The molecular formula is C13H18IN5. The molecule has 2 rings (SSSR count). The quantitative estimate of drug-likeness (QED) is 0.820. The maximum Gasteiger partial charge on any atom is 0.164 e. The Kier molecular flexibility index (Phi) is 4.73. The molecule has 0 aliphatic carbocycles. The van der Waals surface area contributed by atoms with Gasteiger partial charge >= 0.3 is 0 Å². The first-order valence-corrected chi connectivity index (χ1v) is 7.50. The van der Waals surface area contributed by atoms with Crippen molar-refractivity contribution in [2.45, 2.75) is 33.2 Å². The van der Waals surface area contributed by atoms with Gasteiger partial charge in [0, 0.05) is 25.0 Å². The van der Waals surface area contributed by atoms with Crippen LogP contribution >= 0.6 is 22.6 Å². The average Bonchev–Trinajstić information content (AvgIpc) is 2.87. The molecule has 2 aromatic heterocycles. The van der Waals surface area contributed by atoms with Crippen molar-refractivity contribution in [2.75, 3.05) is 11.9 Å². The summed E-state index contributed by atoms with van der Waals surface area (Å²) in [5.74, 6) is 1.61. The molecular weight excluding hydrogens is 353 g/mol. The van der Waals surface area contributed by atoms with E-state index in [1.165, 1.54) is 0 Å². The third-order valence-electron chi connectivity index (χ3n) is 2.68. The van der Waals surface area contributed by atoms with Crippen molar-refractivity contribution in [2.24, 2.45) is 0 Å². The van der Waals surface area contributed by atoms with Gasteiger partial charge in [0.15, 0.2) is 5.82 Å². The Balaban J connectivity index is 2.28. The summed E-state index contributed by atoms with van der Waals surface area (Å²) >= 11 is 2.24. The first-order valence-electron chi connectivity index (χ1n) is 6.42. The van der Waals surface area contributed by atoms with E-state index in [2.05, 4.69) is 63.7 Å². The molecule has 102 valence electrons. The fourth-order valence-electron chi connectivity index (χ4n) is 1.61. The Morgan fingerprint density at radius 2 is 2.16 bits per heavy atom. The zero-order chi connectivity index (χ0) is 13.8. The number of halogens is 1. The average molecular weight is 371 g/mol. The zero-order valence-electron chi connectivity index (χ0n) is 11.4. The van der Waals surface area contributed by atoms with Crippen molar-refractivity contribution in [1.82, 2.24) is 19.7 Å². The normalized spacial score (nSPS) is 11.0. The Morgan fingerprint density at radius 1 is 1.37 bits per heavy atom. The Bertz CT molecular complexity index is 550. The summed E-state index contributed by atoms with van der Waals surface area (Å²) < 4.78 is 2.95. The maximum absolute atomic E-state index is 4.57. The number of anilines is 1. The van der Waals surface area contributed by atoms with E-state index in [4.69, 9.17) is 0 Å². The largest absolute Gasteiger partial charge is 0.369 e. The Morgan fingerprint density at radius 3 is 2.79 bits per heavy atom. The van der Waals surface area contributed by atoms with E-state index in [0.717, 1.165) is 27.9 Å². The first-order chi connectivity index (χ1) is 9.11. The van der Waals surface area contributed by atoms with Crippen LogP contribution < -0.4 is 5.32 Å². The lowest BCUT2D eigenvalue weighted by Gasteiger charge is -2.07. The fraction of sp³-hybridized carbons (Fsp3) is 0.462. The van der Waals surface area contributed by atoms with Crippen LogP contribution in [-0.4, -0.2) is 26.3 Å². The van der Waals surface area contributed by atoms with Crippen LogP contribution in [0.2, 0.25) is 0 Å². The SMILES string of the molecule is CCCNc1nc(-c2cnn(C(C)C)c2)ncc1I. The minimum Gasteiger partial charge on any atom is -0.369 e. The van der Waals surface area contributed by atoms with Crippen LogP contribution in [-0.2, 0) is 0 Å². The second kappa shape index (κ2) is 6.31. The second-order valence-electron chi connectivity index (χ2n) is 4.62. The molecule has 0 fully saturated rings. The molecule has 0 bridgehead atoms. The number of nitrogens with zero attached hydrogens (tertiary/aromatic N) is 4. The minimum absolute atomic E-state index is 0.343. The number of hydrogen-bond acceptors (Lipinski definition) is 4. The van der Waals surface area contributed by atoms with Crippen molar-refractivity contribution in [1.29, 1.82) is 0 Å². The van der Waals surface area contributed by atoms with E-state index in [9.17, 15) is 0 Å². The van der Waals surface area contributed by atoms with Crippen LogP contribution in [0.15, 0.2) is 18.6 Å². The molecule has 0 saturated carbocycles. The summed E-state index contributed by atoms with van der Waals surface area (Å²) in [6.07, 6.45) is 6.70. The molecule has 2 aromatic rings. The summed E-state index contributed by atoms with van der Waals surface area (Å²) in [4.78, 5) is 8.95. The van der Waals surface area contributed by atoms with E-state index in [-0.39, 0.29) is 0 Å². The van der Waals surface area contributed by atoms with Crippen molar-refractivity contribution in [3.8, 4) is 11.4 Å². The molecule has 0 spiro atoms. The minimum atomic E-state index is 0.343. The van der Waals surface area contributed by atoms with Crippen molar-refractivity contribution < 1.29 is 0 Å². The predicted octanol–water partition coefficient (Wildman–Crippen LogP) is 3.35.